The van der Waals surface area contributed by atoms with Crippen LogP contribution in [0.4, 0.5) is 4.79 Å². The SMILES string of the molecule is O=C(O)N1[C@@H]2CC[C@H]1CC1(C[C@@H]([C@H]3c4ccccc4-c4cncn43)[C@H]1O)C2. The lowest BCUT2D eigenvalue weighted by Gasteiger charge is -2.59. The maximum absolute atomic E-state index is 11.6. The molecule has 1 spiro atoms. The molecule has 6 atom stereocenters. The Morgan fingerprint density at radius 1 is 1.15 bits per heavy atom. The highest BCUT2D eigenvalue weighted by Gasteiger charge is 2.62. The van der Waals surface area contributed by atoms with Crippen molar-refractivity contribution < 1.29 is 15.0 Å². The zero-order valence-electron chi connectivity index (χ0n) is 15.0. The minimum atomic E-state index is -0.796. The molecule has 2 bridgehead atoms. The summed E-state index contributed by atoms with van der Waals surface area (Å²) in [7, 11) is 0. The van der Waals surface area contributed by atoms with Crippen molar-refractivity contribution in [3.63, 3.8) is 0 Å². The second kappa shape index (κ2) is 5.13. The van der Waals surface area contributed by atoms with Crippen LogP contribution >= 0.6 is 0 Å². The van der Waals surface area contributed by atoms with E-state index in [9.17, 15) is 15.0 Å². The molecular weight excluding hydrogens is 342 g/mol. The molecule has 140 valence electrons. The van der Waals surface area contributed by atoms with Gasteiger partial charge in [-0.3, -0.25) is 0 Å². The van der Waals surface area contributed by atoms with E-state index < -0.39 is 6.09 Å². The Labute approximate surface area is 157 Å². The lowest BCUT2D eigenvalue weighted by molar-refractivity contribution is -0.166. The van der Waals surface area contributed by atoms with E-state index in [-0.39, 0.29) is 35.6 Å². The first kappa shape index (κ1) is 15.7. The van der Waals surface area contributed by atoms with Gasteiger partial charge in [0, 0.05) is 29.0 Å². The van der Waals surface area contributed by atoms with Crippen molar-refractivity contribution in [1.29, 1.82) is 0 Å². The van der Waals surface area contributed by atoms with E-state index in [0.717, 1.165) is 37.8 Å². The van der Waals surface area contributed by atoms with Crippen LogP contribution in [0.25, 0.3) is 11.3 Å². The molecule has 2 aromatic rings. The van der Waals surface area contributed by atoms with E-state index in [1.807, 2.05) is 12.5 Å². The molecule has 1 amide bonds. The number of fused-ring (bicyclic) bond motifs is 5. The molecule has 1 saturated carbocycles. The number of carbonyl (C=O) groups is 1. The van der Waals surface area contributed by atoms with Gasteiger partial charge in [-0.1, -0.05) is 24.3 Å². The first-order chi connectivity index (χ1) is 13.1. The third kappa shape index (κ3) is 1.89. The van der Waals surface area contributed by atoms with Crippen LogP contribution < -0.4 is 0 Å². The standard InChI is InChI=1S/C21H23N3O3/c25-19-16(9-21(19)7-12-5-6-13(8-21)24(12)20(26)27)18-15-4-2-1-3-14(15)17-10-22-11-23(17)18/h1-4,10-13,16,18-19,25H,5-9H2,(H,26,27)/t12-,13+,16-,18+,19+,21?/m0/s1. The smallest absolute Gasteiger partial charge is 0.407 e. The van der Waals surface area contributed by atoms with Gasteiger partial charge in [-0.2, -0.15) is 0 Å². The highest BCUT2D eigenvalue weighted by molar-refractivity contribution is 5.69. The number of nitrogens with zero attached hydrogens (tertiary/aromatic N) is 3. The zero-order chi connectivity index (χ0) is 18.3. The van der Waals surface area contributed by atoms with E-state index in [2.05, 4.69) is 33.8 Å². The number of piperidine rings is 1. The first-order valence-electron chi connectivity index (χ1n) is 9.89. The van der Waals surface area contributed by atoms with Gasteiger partial charge in [0.15, 0.2) is 0 Å². The number of imidazole rings is 1. The predicted octanol–water partition coefficient (Wildman–Crippen LogP) is 3.12. The lowest BCUT2D eigenvalue weighted by Crippen LogP contribution is -2.62. The molecule has 3 fully saturated rings. The Morgan fingerprint density at radius 3 is 2.59 bits per heavy atom. The summed E-state index contributed by atoms with van der Waals surface area (Å²) in [5.74, 6) is 0.164. The third-order valence-corrected chi connectivity index (χ3v) is 7.73. The average Bonchev–Trinajstić information content (AvgIpc) is 3.32. The van der Waals surface area contributed by atoms with E-state index in [0.29, 0.717) is 0 Å². The number of aliphatic hydroxyl groups is 1. The molecule has 0 radical (unpaired) electrons. The number of hydrogen-bond acceptors (Lipinski definition) is 3. The Kier molecular flexibility index (Phi) is 2.98. The minimum absolute atomic E-state index is 0.0801. The molecule has 2 saturated heterocycles. The number of hydrogen-bond donors (Lipinski definition) is 2. The van der Waals surface area contributed by atoms with Crippen LogP contribution in [0, 0.1) is 11.3 Å². The molecular formula is C21H23N3O3. The summed E-state index contributed by atoms with van der Waals surface area (Å²) in [4.78, 5) is 17.6. The highest BCUT2D eigenvalue weighted by Crippen LogP contribution is 2.62. The van der Waals surface area contributed by atoms with Crippen molar-refractivity contribution in [3.05, 3.63) is 42.4 Å². The van der Waals surface area contributed by atoms with Crippen molar-refractivity contribution in [2.45, 2.75) is 56.3 Å². The average molecular weight is 365 g/mol. The molecule has 4 heterocycles. The fraction of sp³-hybridized carbons (Fsp3) is 0.524. The molecule has 1 aliphatic carbocycles. The Balaban J connectivity index is 1.31. The summed E-state index contributed by atoms with van der Waals surface area (Å²) in [5, 5.41) is 20.8. The number of amides is 1. The van der Waals surface area contributed by atoms with E-state index >= 15 is 0 Å². The van der Waals surface area contributed by atoms with Crippen molar-refractivity contribution in [1.82, 2.24) is 14.5 Å². The highest BCUT2D eigenvalue weighted by atomic mass is 16.4. The maximum Gasteiger partial charge on any atom is 0.407 e. The van der Waals surface area contributed by atoms with Gasteiger partial charge in [-0.05, 0) is 37.7 Å². The van der Waals surface area contributed by atoms with Crippen molar-refractivity contribution in [3.8, 4) is 11.3 Å². The Bertz CT molecular complexity index is 924. The van der Waals surface area contributed by atoms with Gasteiger partial charge in [-0.25, -0.2) is 9.78 Å². The topological polar surface area (TPSA) is 78.6 Å². The van der Waals surface area contributed by atoms with Gasteiger partial charge in [0.05, 0.1) is 30.4 Å². The molecule has 3 aliphatic heterocycles. The van der Waals surface area contributed by atoms with Gasteiger partial charge in [-0.15, -0.1) is 0 Å². The molecule has 6 heteroatoms. The van der Waals surface area contributed by atoms with Gasteiger partial charge in [0.25, 0.3) is 0 Å². The van der Waals surface area contributed by atoms with Gasteiger partial charge >= 0.3 is 6.09 Å². The number of carboxylic acid groups (broad SMARTS) is 1. The minimum Gasteiger partial charge on any atom is -0.465 e. The maximum atomic E-state index is 11.6. The number of benzene rings is 1. The Hall–Kier alpha value is -2.34. The van der Waals surface area contributed by atoms with Crippen LogP contribution in [0.2, 0.25) is 0 Å². The van der Waals surface area contributed by atoms with Crippen molar-refractivity contribution >= 4 is 6.09 Å². The summed E-state index contributed by atoms with van der Waals surface area (Å²) >= 11 is 0. The summed E-state index contributed by atoms with van der Waals surface area (Å²) in [6.07, 6.45) is 7.06. The van der Waals surface area contributed by atoms with Crippen LogP contribution in [-0.2, 0) is 0 Å². The molecule has 6 nitrogen and oxygen atoms in total. The van der Waals surface area contributed by atoms with E-state index in [1.54, 1.807) is 4.90 Å². The van der Waals surface area contributed by atoms with E-state index in [1.165, 1.54) is 11.1 Å². The second-order valence-electron chi connectivity index (χ2n) is 8.88. The largest absolute Gasteiger partial charge is 0.465 e. The van der Waals surface area contributed by atoms with Gasteiger partial charge in [0.1, 0.15) is 0 Å². The van der Waals surface area contributed by atoms with E-state index in [4.69, 9.17) is 0 Å². The zero-order valence-corrected chi connectivity index (χ0v) is 15.0. The lowest BCUT2D eigenvalue weighted by atomic mass is 9.51. The number of aliphatic hydroxyl groups excluding tert-OH is 1. The summed E-state index contributed by atoms with van der Waals surface area (Å²) in [5.41, 5.74) is 3.51. The quantitative estimate of drug-likeness (QED) is 0.814. The monoisotopic (exact) mass is 365 g/mol. The number of aromatic nitrogens is 2. The van der Waals surface area contributed by atoms with Gasteiger partial charge in [0.2, 0.25) is 0 Å². The van der Waals surface area contributed by atoms with Crippen molar-refractivity contribution in [2.75, 3.05) is 0 Å². The molecule has 6 rings (SSSR count). The summed E-state index contributed by atoms with van der Waals surface area (Å²) < 4.78 is 2.21. The van der Waals surface area contributed by atoms with Crippen LogP contribution in [0.3, 0.4) is 0 Å². The molecule has 1 unspecified atom stereocenters. The van der Waals surface area contributed by atoms with Crippen LogP contribution in [0.1, 0.15) is 43.7 Å². The third-order valence-electron chi connectivity index (χ3n) is 7.73. The summed E-state index contributed by atoms with van der Waals surface area (Å²) in [6, 6.07) is 8.72. The second-order valence-corrected chi connectivity index (χ2v) is 8.88. The molecule has 4 aliphatic rings. The molecule has 1 aromatic heterocycles. The first-order valence-corrected chi connectivity index (χ1v) is 9.89. The van der Waals surface area contributed by atoms with Crippen LogP contribution in [0.5, 0.6) is 0 Å². The fourth-order valence-electron chi connectivity index (χ4n) is 6.69. The molecule has 1 aromatic carbocycles. The number of rotatable bonds is 1. The molecule has 27 heavy (non-hydrogen) atoms. The predicted molar refractivity (Wildman–Crippen MR) is 98.3 cm³/mol. The van der Waals surface area contributed by atoms with Gasteiger partial charge < -0.3 is 19.7 Å². The summed E-state index contributed by atoms with van der Waals surface area (Å²) in [6.45, 7) is 0. The molecule has 2 N–H and O–H groups in total. The van der Waals surface area contributed by atoms with Crippen molar-refractivity contribution in [2.24, 2.45) is 11.3 Å². The van der Waals surface area contributed by atoms with Crippen LogP contribution in [-0.4, -0.2) is 48.9 Å². The normalized spacial score (nSPS) is 38.6. The fourth-order valence-corrected chi connectivity index (χ4v) is 6.69. The Morgan fingerprint density at radius 2 is 1.89 bits per heavy atom. The van der Waals surface area contributed by atoms with Crippen LogP contribution in [0.15, 0.2) is 36.8 Å².